The van der Waals surface area contributed by atoms with Crippen LogP contribution in [0.1, 0.15) is 34.4 Å². The number of aryl methyl sites for hydroxylation is 2. The number of carbonyl (C=O) groups excluding carboxylic acids is 1. The van der Waals surface area contributed by atoms with Gasteiger partial charge in [0.2, 0.25) is 0 Å². The molecule has 176 valence electrons. The van der Waals surface area contributed by atoms with Crippen LogP contribution in [-0.2, 0) is 16.1 Å². The number of fused-ring (bicyclic) bond motifs is 1. The van der Waals surface area contributed by atoms with Crippen LogP contribution in [0.5, 0.6) is 5.75 Å². The maximum atomic E-state index is 11.4. The number of benzene rings is 1. The van der Waals surface area contributed by atoms with Gasteiger partial charge in [-0.3, -0.25) is 9.78 Å². The highest BCUT2D eigenvalue weighted by atomic mass is 16.5. The Bertz CT molecular complexity index is 1260. The number of methoxy groups -OCH3 is 1. The second-order valence-electron chi connectivity index (χ2n) is 8.14. The zero-order chi connectivity index (χ0) is 24.7. The molecule has 0 atom stereocenters. The minimum absolute atomic E-state index is 0.201. The van der Waals surface area contributed by atoms with E-state index in [0.29, 0.717) is 12.4 Å². The second kappa shape index (κ2) is 11.3. The second-order valence-corrected chi connectivity index (χ2v) is 8.14. The largest absolute Gasteiger partial charge is 0.487 e. The fourth-order valence-corrected chi connectivity index (χ4v) is 3.74. The molecule has 0 unspecified atom stereocenters. The summed E-state index contributed by atoms with van der Waals surface area (Å²) < 4.78 is 11.0. The lowest BCUT2D eigenvalue weighted by Crippen LogP contribution is -2.11. The van der Waals surface area contributed by atoms with Crippen molar-refractivity contribution in [3.8, 4) is 5.75 Å². The van der Waals surface area contributed by atoms with Gasteiger partial charge in [-0.15, -0.1) is 0 Å². The van der Waals surface area contributed by atoms with E-state index in [1.807, 2.05) is 58.4 Å². The highest BCUT2D eigenvalue weighted by Gasteiger charge is 2.14. The number of pyridine rings is 2. The van der Waals surface area contributed by atoms with E-state index >= 15 is 0 Å². The summed E-state index contributed by atoms with van der Waals surface area (Å²) in [6, 6.07) is 8.06. The molecule has 2 aromatic heterocycles. The number of rotatable bonds is 9. The lowest BCUT2D eigenvalue weighted by molar-refractivity contribution is -0.139. The lowest BCUT2D eigenvalue weighted by atomic mass is 10.0. The molecule has 0 saturated heterocycles. The van der Waals surface area contributed by atoms with Crippen LogP contribution in [0, 0.1) is 13.8 Å². The molecule has 6 nitrogen and oxygen atoms in total. The van der Waals surface area contributed by atoms with E-state index in [0.717, 1.165) is 44.5 Å². The third kappa shape index (κ3) is 5.70. The van der Waals surface area contributed by atoms with Crippen LogP contribution in [0.25, 0.3) is 22.7 Å². The number of aromatic nitrogens is 2. The van der Waals surface area contributed by atoms with Crippen LogP contribution >= 0.6 is 0 Å². The summed E-state index contributed by atoms with van der Waals surface area (Å²) in [5, 5.41) is 1.01. The predicted octanol–water partition coefficient (Wildman–Crippen LogP) is 5.49. The van der Waals surface area contributed by atoms with E-state index in [2.05, 4.69) is 28.6 Å². The summed E-state index contributed by atoms with van der Waals surface area (Å²) in [6.45, 7) is 8.19. The minimum Gasteiger partial charge on any atom is -0.487 e. The van der Waals surface area contributed by atoms with Gasteiger partial charge in [0.25, 0.3) is 0 Å². The Balaban J connectivity index is 1.98. The number of allylic oxidation sites excluding steroid dienone is 2. The fraction of sp³-hybridized carbons (Fsp3) is 0.250. The summed E-state index contributed by atoms with van der Waals surface area (Å²) >= 11 is 0. The Morgan fingerprint density at radius 3 is 2.71 bits per heavy atom. The molecule has 3 rings (SSSR count). The van der Waals surface area contributed by atoms with E-state index in [9.17, 15) is 4.79 Å². The average Bonchev–Trinajstić information content (AvgIpc) is 2.81. The van der Waals surface area contributed by atoms with Gasteiger partial charge in [0, 0.05) is 54.4 Å². The van der Waals surface area contributed by atoms with Gasteiger partial charge < -0.3 is 14.4 Å². The minimum atomic E-state index is -0.287. The number of nitrogens with zero attached hydrogens (tertiary/aromatic N) is 3. The number of esters is 1. The average molecular weight is 458 g/mol. The summed E-state index contributed by atoms with van der Waals surface area (Å²) in [6.07, 6.45) is 11.2. The monoisotopic (exact) mass is 457 g/mol. The Morgan fingerprint density at radius 1 is 1.21 bits per heavy atom. The van der Waals surface area contributed by atoms with Crippen molar-refractivity contribution in [1.29, 1.82) is 0 Å². The number of hydrogen-bond donors (Lipinski definition) is 0. The Hall–Kier alpha value is -3.93. The van der Waals surface area contributed by atoms with Crippen molar-refractivity contribution >= 4 is 28.6 Å². The highest BCUT2D eigenvalue weighted by Crippen LogP contribution is 2.32. The molecule has 0 N–H and O–H groups in total. The van der Waals surface area contributed by atoms with E-state index in [-0.39, 0.29) is 12.4 Å². The molecule has 0 fully saturated rings. The Kier molecular flexibility index (Phi) is 8.19. The lowest BCUT2D eigenvalue weighted by Gasteiger charge is -2.20. The topological polar surface area (TPSA) is 64.5 Å². The molecule has 34 heavy (non-hydrogen) atoms. The standard InChI is InChI=1S/C28H31N3O3/c1-7-10-25(31(4)5)23-15-20(3)30-28-22(23)12-9-13-26(28)34-18-24-19(2)16-29-17-21(24)11-8-14-27(32)33-6/h7-13,15-17H,1,14,18H2,2-6H3/b11-8+,25-10-. The zero-order valence-corrected chi connectivity index (χ0v) is 20.5. The third-order valence-corrected chi connectivity index (χ3v) is 5.45. The normalized spacial score (nSPS) is 11.6. The van der Waals surface area contributed by atoms with Gasteiger partial charge in [0.05, 0.1) is 13.5 Å². The van der Waals surface area contributed by atoms with Gasteiger partial charge in [0.15, 0.2) is 0 Å². The predicted molar refractivity (Wildman–Crippen MR) is 137 cm³/mol. The Labute approximate surface area is 201 Å². The third-order valence-electron chi connectivity index (χ3n) is 5.45. The van der Waals surface area contributed by atoms with Gasteiger partial charge in [0.1, 0.15) is 17.9 Å². The van der Waals surface area contributed by atoms with Gasteiger partial charge in [-0.1, -0.05) is 36.9 Å². The van der Waals surface area contributed by atoms with Crippen LogP contribution < -0.4 is 4.74 Å². The first-order valence-electron chi connectivity index (χ1n) is 11.1. The molecule has 0 amide bonds. The first-order valence-corrected chi connectivity index (χ1v) is 11.1. The van der Waals surface area contributed by atoms with Gasteiger partial charge in [-0.05, 0) is 43.2 Å². The fourth-order valence-electron chi connectivity index (χ4n) is 3.74. The summed E-state index contributed by atoms with van der Waals surface area (Å²) in [5.74, 6) is 0.421. The summed E-state index contributed by atoms with van der Waals surface area (Å²) in [5.41, 5.74) is 6.74. The van der Waals surface area contributed by atoms with Crippen LogP contribution in [0.4, 0.5) is 0 Å². The van der Waals surface area contributed by atoms with Crippen molar-refractivity contribution in [1.82, 2.24) is 14.9 Å². The first-order chi connectivity index (χ1) is 16.3. The van der Waals surface area contributed by atoms with Gasteiger partial charge in [-0.25, -0.2) is 4.98 Å². The van der Waals surface area contributed by atoms with E-state index in [4.69, 9.17) is 14.5 Å². The van der Waals surface area contributed by atoms with Crippen molar-refractivity contribution in [3.63, 3.8) is 0 Å². The summed E-state index contributed by atoms with van der Waals surface area (Å²) in [7, 11) is 5.40. The van der Waals surface area contributed by atoms with Crippen molar-refractivity contribution < 1.29 is 14.3 Å². The zero-order valence-electron chi connectivity index (χ0n) is 20.5. The quantitative estimate of drug-likeness (QED) is 0.313. The number of carbonyl (C=O) groups is 1. The molecule has 0 aliphatic heterocycles. The van der Waals surface area contributed by atoms with Crippen molar-refractivity contribution in [2.45, 2.75) is 26.9 Å². The SMILES string of the molecule is C=C/C=C(/c1cc(C)nc2c(OCc3c(C)cncc3/C=C/CC(=O)OC)cccc12)N(C)C. The number of ether oxygens (including phenoxy) is 2. The van der Waals surface area contributed by atoms with Crippen LogP contribution in [-0.4, -0.2) is 42.0 Å². The van der Waals surface area contributed by atoms with E-state index in [1.54, 1.807) is 18.3 Å². The van der Waals surface area contributed by atoms with Crippen LogP contribution in [0.15, 0.2) is 61.5 Å². The Morgan fingerprint density at radius 2 is 2.00 bits per heavy atom. The molecule has 0 bridgehead atoms. The van der Waals surface area contributed by atoms with Gasteiger partial charge >= 0.3 is 5.97 Å². The molecule has 1 aromatic carbocycles. The maximum Gasteiger partial charge on any atom is 0.309 e. The smallest absolute Gasteiger partial charge is 0.309 e. The van der Waals surface area contributed by atoms with E-state index < -0.39 is 0 Å². The molecule has 0 saturated carbocycles. The molecule has 6 heteroatoms. The van der Waals surface area contributed by atoms with Crippen molar-refractivity contribution in [2.75, 3.05) is 21.2 Å². The number of hydrogen-bond acceptors (Lipinski definition) is 6. The molecule has 3 aromatic rings. The first kappa shape index (κ1) is 24.7. The molecule has 2 heterocycles. The molecular formula is C28H31N3O3. The van der Waals surface area contributed by atoms with Crippen LogP contribution in [0.2, 0.25) is 0 Å². The van der Waals surface area contributed by atoms with Gasteiger partial charge in [-0.2, -0.15) is 0 Å². The molecule has 0 aliphatic rings. The van der Waals surface area contributed by atoms with Crippen molar-refractivity contribution in [3.05, 3.63) is 89.4 Å². The number of para-hydroxylation sites is 1. The van der Waals surface area contributed by atoms with Crippen molar-refractivity contribution in [2.24, 2.45) is 0 Å². The molecule has 0 aliphatic carbocycles. The molecule has 0 spiro atoms. The molecular weight excluding hydrogens is 426 g/mol. The summed E-state index contributed by atoms with van der Waals surface area (Å²) in [4.78, 5) is 22.6. The maximum absolute atomic E-state index is 11.4. The van der Waals surface area contributed by atoms with Crippen LogP contribution in [0.3, 0.4) is 0 Å². The van der Waals surface area contributed by atoms with E-state index in [1.165, 1.54) is 7.11 Å². The molecule has 0 radical (unpaired) electrons. The highest BCUT2D eigenvalue weighted by molar-refractivity contribution is 5.94.